The van der Waals surface area contributed by atoms with Crippen molar-refractivity contribution in [2.45, 2.75) is 49.6 Å². The molecule has 1 atom stereocenters. The summed E-state index contributed by atoms with van der Waals surface area (Å²) in [7, 11) is -2.33. The molecular weight excluding hydrogens is 416 g/mol. The second-order valence-corrected chi connectivity index (χ2v) is 9.60. The summed E-state index contributed by atoms with van der Waals surface area (Å²) in [6, 6.07) is 12.4. The highest BCUT2D eigenvalue weighted by molar-refractivity contribution is 7.89. The van der Waals surface area contributed by atoms with Crippen LogP contribution in [-0.4, -0.2) is 45.5 Å². The van der Waals surface area contributed by atoms with E-state index in [0.29, 0.717) is 18.7 Å². The number of carbonyl (C=O) groups is 1. The molecular formula is C23H28N2O5S. The van der Waals surface area contributed by atoms with Crippen LogP contribution in [0.2, 0.25) is 0 Å². The number of nitrogens with zero attached hydrogens (tertiary/aromatic N) is 1. The lowest BCUT2D eigenvalue weighted by Gasteiger charge is -2.26. The highest BCUT2D eigenvalue weighted by Crippen LogP contribution is 2.35. The van der Waals surface area contributed by atoms with Crippen molar-refractivity contribution < 1.29 is 22.7 Å². The fraction of sp³-hybridized carbons (Fsp3) is 0.435. The van der Waals surface area contributed by atoms with Gasteiger partial charge in [0.05, 0.1) is 19.8 Å². The molecule has 1 amide bonds. The quantitative estimate of drug-likeness (QED) is 0.674. The molecule has 4 rings (SSSR count). The highest BCUT2D eigenvalue weighted by atomic mass is 32.2. The van der Waals surface area contributed by atoms with E-state index in [-0.39, 0.29) is 28.6 Å². The minimum Gasteiger partial charge on any atom is -0.495 e. The minimum atomic E-state index is -3.75. The standard InChI is InChI=1S/C23H28N2O5S/c1-3-30-19-11-6-16(7-12-19)20-5-4-14-25(20)23(26)17-8-13-21(29-2)22(15-17)31(27,28)24-18-9-10-18/h6-8,11-13,15,18,20,24H,3-5,9-10,14H2,1-2H3/t20-/m1/s1. The van der Waals surface area contributed by atoms with Crippen molar-refractivity contribution in [2.24, 2.45) is 0 Å². The van der Waals surface area contributed by atoms with Crippen LogP contribution in [0.4, 0.5) is 0 Å². The molecule has 1 saturated carbocycles. The maximum Gasteiger partial charge on any atom is 0.254 e. The van der Waals surface area contributed by atoms with E-state index in [1.807, 2.05) is 36.1 Å². The van der Waals surface area contributed by atoms with Crippen molar-refractivity contribution >= 4 is 15.9 Å². The Balaban J connectivity index is 1.60. The third kappa shape index (κ3) is 4.70. The Kier molecular flexibility index (Phi) is 6.20. The van der Waals surface area contributed by atoms with Gasteiger partial charge in [0, 0.05) is 18.2 Å². The lowest BCUT2D eigenvalue weighted by Crippen LogP contribution is -2.31. The molecule has 2 aliphatic rings. The van der Waals surface area contributed by atoms with Crippen LogP contribution >= 0.6 is 0 Å². The number of amides is 1. The molecule has 1 aliphatic carbocycles. The summed E-state index contributed by atoms with van der Waals surface area (Å²) < 4.78 is 39.0. The Morgan fingerprint density at radius 1 is 1.13 bits per heavy atom. The smallest absolute Gasteiger partial charge is 0.254 e. The number of hydrogen-bond acceptors (Lipinski definition) is 5. The van der Waals surface area contributed by atoms with Gasteiger partial charge in [-0.25, -0.2) is 13.1 Å². The van der Waals surface area contributed by atoms with Gasteiger partial charge in [-0.2, -0.15) is 0 Å². The summed E-state index contributed by atoms with van der Waals surface area (Å²) in [6.07, 6.45) is 3.42. The number of likely N-dealkylation sites (tertiary alicyclic amines) is 1. The average molecular weight is 445 g/mol. The third-order valence-electron chi connectivity index (χ3n) is 5.69. The fourth-order valence-electron chi connectivity index (χ4n) is 3.98. The van der Waals surface area contributed by atoms with Crippen LogP contribution in [0.15, 0.2) is 47.4 Å². The van der Waals surface area contributed by atoms with E-state index in [0.717, 1.165) is 37.0 Å². The molecule has 2 fully saturated rings. The van der Waals surface area contributed by atoms with E-state index in [1.165, 1.54) is 13.2 Å². The van der Waals surface area contributed by atoms with Gasteiger partial charge in [0.2, 0.25) is 10.0 Å². The number of nitrogens with one attached hydrogen (secondary N) is 1. The first-order chi connectivity index (χ1) is 14.9. The fourth-order valence-corrected chi connectivity index (χ4v) is 5.48. The molecule has 0 radical (unpaired) electrons. The molecule has 0 spiro atoms. The Morgan fingerprint density at radius 3 is 2.52 bits per heavy atom. The highest BCUT2D eigenvalue weighted by Gasteiger charge is 2.33. The summed E-state index contributed by atoms with van der Waals surface area (Å²) in [5, 5.41) is 0. The van der Waals surface area contributed by atoms with Crippen LogP contribution in [0.1, 0.15) is 54.6 Å². The van der Waals surface area contributed by atoms with Gasteiger partial charge in [-0.05, 0) is 68.5 Å². The van der Waals surface area contributed by atoms with Gasteiger partial charge in [-0.1, -0.05) is 12.1 Å². The monoisotopic (exact) mass is 444 g/mol. The third-order valence-corrected chi connectivity index (χ3v) is 7.23. The Labute approximate surface area is 183 Å². The second-order valence-electron chi connectivity index (χ2n) is 7.92. The average Bonchev–Trinajstić information content (AvgIpc) is 3.44. The van der Waals surface area contributed by atoms with Crippen LogP contribution in [0, 0.1) is 0 Å². The molecule has 2 aromatic carbocycles. The number of rotatable bonds is 8. The largest absolute Gasteiger partial charge is 0.495 e. The van der Waals surface area contributed by atoms with Crippen molar-refractivity contribution in [3.8, 4) is 11.5 Å². The Hall–Kier alpha value is -2.58. The van der Waals surface area contributed by atoms with Crippen molar-refractivity contribution in [2.75, 3.05) is 20.3 Å². The second kappa shape index (κ2) is 8.88. The van der Waals surface area contributed by atoms with E-state index in [2.05, 4.69) is 4.72 Å². The lowest BCUT2D eigenvalue weighted by molar-refractivity contribution is 0.0735. The normalized spacial score (nSPS) is 18.8. The molecule has 1 saturated heterocycles. The SMILES string of the molecule is CCOc1ccc([C@H]2CCCN2C(=O)c2ccc(OC)c(S(=O)(=O)NC3CC3)c2)cc1. The molecule has 8 heteroatoms. The molecule has 166 valence electrons. The van der Waals surface area contributed by atoms with E-state index in [1.54, 1.807) is 12.1 Å². The number of carbonyl (C=O) groups excluding carboxylic acids is 1. The van der Waals surface area contributed by atoms with Gasteiger partial charge < -0.3 is 14.4 Å². The molecule has 0 bridgehead atoms. The van der Waals surface area contributed by atoms with Gasteiger partial charge in [0.25, 0.3) is 5.91 Å². The van der Waals surface area contributed by atoms with Gasteiger partial charge in [0.1, 0.15) is 16.4 Å². The number of benzene rings is 2. The number of sulfonamides is 1. The lowest BCUT2D eigenvalue weighted by atomic mass is 10.0. The first-order valence-electron chi connectivity index (χ1n) is 10.7. The number of ether oxygens (including phenoxy) is 2. The Morgan fingerprint density at radius 2 is 1.87 bits per heavy atom. The van der Waals surface area contributed by atoms with Crippen molar-refractivity contribution in [1.82, 2.24) is 9.62 Å². The zero-order valence-electron chi connectivity index (χ0n) is 17.8. The summed E-state index contributed by atoms with van der Waals surface area (Å²) in [5.74, 6) is 0.853. The summed E-state index contributed by atoms with van der Waals surface area (Å²) in [4.78, 5) is 15.2. The van der Waals surface area contributed by atoms with Crippen LogP contribution in [-0.2, 0) is 10.0 Å². The summed E-state index contributed by atoms with van der Waals surface area (Å²) in [5.41, 5.74) is 1.39. The first-order valence-corrected chi connectivity index (χ1v) is 12.2. The van der Waals surface area contributed by atoms with Crippen LogP contribution in [0.25, 0.3) is 0 Å². The van der Waals surface area contributed by atoms with Crippen LogP contribution in [0.5, 0.6) is 11.5 Å². The van der Waals surface area contributed by atoms with E-state index >= 15 is 0 Å². The van der Waals surface area contributed by atoms with Crippen molar-refractivity contribution in [3.05, 3.63) is 53.6 Å². The summed E-state index contributed by atoms with van der Waals surface area (Å²) in [6.45, 7) is 3.17. The molecule has 1 heterocycles. The predicted molar refractivity (Wildman–Crippen MR) is 117 cm³/mol. The van der Waals surface area contributed by atoms with E-state index < -0.39 is 10.0 Å². The van der Waals surface area contributed by atoms with Crippen molar-refractivity contribution in [3.63, 3.8) is 0 Å². The topological polar surface area (TPSA) is 84.9 Å². The number of hydrogen-bond donors (Lipinski definition) is 1. The molecule has 7 nitrogen and oxygen atoms in total. The maximum absolute atomic E-state index is 13.4. The molecule has 31 heavy (non-hydrogen) atoms. The maximum atomic E-state index is 13.4. The molecule has 0 aromatic heterocycles. The predicted octanol–water partition coefficient (Wildman–Crippen LogP) is 3.51. The van der Waals surface area contributed by atoms with Gasteiger partial charge in [-0.3, -0.25) is 4.79 Å². The van der Waals surface area contributed by atoms with Gasteiger partial charge in [-0.15, -0.1) is 0 Å². The van der Waals surface area contributed by atoms with Crippen LogP contribution in [0.3, 0.4) is 0 Å². The molecule has 2 aromatic rings. The van der Waals surface area contributed by atoms with Crippen LogP contribution < -0.4 is 14.2 Å². The van der Waals surface area contributed by atoms with E-state index in [9.17, 15) is 13.2 Å². The molecule has 1 aliphatic heterocycles. The Bertz CT molecular complexity index is 1050. The van der Waals surface area contributed by atoms with E-state index in [4.69, 9.17) is 9.47 Å². The molecule has 0 unspecified atom stereocenters. The summed E-state index contributed by atoms with van der Waals surface area (Å²) >= 11 is 0. The van der Waals surface area contributed by atoms with Crippen molar-refractivity contribution in [1.29, 1.82) is 0 Å². The zero-order valence-corrected chi connectivity index (χ0v) is 18.7. The minimum absolute atomic E-state index is 0.00423. The molecule has 1 N–H and O–H groups in total. The first kappa shape index (κ1) is 21.6. The van der Waals surface area contributed by atoms with Gasteiger partial charge in [0.15, 0.2) is 0 Å². The zero-order chi connectivity index (χ0) is 22.0. The van der Waals surface area contributed by atoms with Gasteiger partial charge >= 0.3 is 0 Å². The number of methoxy groups -OCH3 is 1.